The lowest BCUT2D eigenvalue weighted by Gasteiger charge is -2.27. The first-order valence-corrected chi connectivity index (χ1v) is 15.7. The van der Waals surface area contributed by atoms with Crippen molar-refractivity contribution in [3.8, 4) is 27.7 Å². The van der Waals surface area contributed by atoms with Gasteiger partial charge >= 0.3 is 0 Å². The van der Waals surface area contributed by atoms with Crippen molar-refractivity contribution in [2.75, 3.05) is 33.3 Å². The smallest absolute Gasteiger partial charge is 0.279 e. The van der Waals surface area contributed by atoms with Crippen LogP contribution in [0.15, 0.2) is 66.0 Å². The van der Waals surface area contributed by atoms with E-state index in [2.05, 4.69) is 14.6 Å². The van der Waals surface area contributed by atoms with Gasteiger partial charge in [0.05, 0.1) is 17.7 Å². The number of thiophene rings is 1. The molecule has 2 N–H and O–H groups in total. The van der Waals surface area contributed by atoms with Crippen molar-refractivity contribution in [1.29, 1.82) is 0 Å². The standard InChI is InChI=1S/C29H34FN5O3S2/c1-3-35(24-15-17-34(20-24)19-21-6-10-23(30)11-7-21)40(36,37)31-16-14-26-28(22-8-12-25(38-2)13-9-22)33-29(32-26)27-5-4-18-39-27/h4-13,18,24,31H,3,14-17,19-20H2,1-2H3,(H,32,33)/t24-/m1/s1. The second-order valence-electron chi connectivity index (χ2n) is 9.78. The first kappa shape index (κ1) is 28.4. The molecular formula is C29H34FN5O3S2. The number of nitrogens with one attached hydrogen (secondary N) is 2. The van der Waals surface area contributed by atoms with Gasteiger partial charge in [-0.3, -0.25) is 4.90 Å². The van der Waals surface area contributed by atoms with Crippen molar-refractivity contribution in [3.63, 3.8) is 0 Å². The molecule has 1 atom stereocenters. The van der Waals surface area contributed by atoms with E-state index in [1.165, 1.54) is 12.1 Å². The zero-order chi connectivity index (χ0) is 28.1. The third-order valence-electron chi connectivity index (χ3n) is 7.15. The van der Waals surface area contributed by atoms with Crippen molar-refractivity contribution < 1.29 is 17.5 Å². The van der Waals surface area contributed by atoms with E-state index in [-0.39, 0.29) is 18.4 Å². The molecule has 5 rings (SSSR count). The zero-order valence-electron chi connectivity index (χ0n) is 22.6. The van der Waals surface area contributed by atoms with Gasteiger partial charge in [-0.05, 0) is 59.8 Å². The SMILES string of the molecule is CCN([C@@H]1CCN(Cc2ccc(F)cc2)C1)S(=O)(=O)NCCc1[nH]c(-c2cccs2)nc1-c1ccc(OC)cc1. The van der Waals surface area contributed by atoms with Crippen LogP contribution in [0.3, 0.4) is 0 Å². The van der Waals surface area contributed by atoms with Crippen LogP contribution in [0.1, 0.15) is 24.6 Å². The van der Waals surface area contributed by atoms with Crippen LogP contribution in [-0.4, -0.2) is 66.9 Å². The summed E-state index contributed by atoms with van der Waals surface area (Å²) >= 11 is 1.60. The number of benzene rings is 2. The fraction of sp³-hybridized carbons (Fsp3) is 0.345. The van der Waals surface area contributed by atoms with Crippen LogP contribution in [0.25, 0.3) is 22.0 Å². The first-order chi connectivity index (χ1) is 19.4. The highest BCUT2D eigenvalue weighted by Gasteiger charge is 2.33. The molecule has 0 unspecified atom stereocenters. The van der Waals surface area contributed by atoms with Crippen LogP contribution >= 0.6 is 11.3 Å². The molecule has 3 heterocycles. The van der Waals surface area contributed by atoms with Crippen LogP contribution in [0.4, 0.5) is 4.39 Å². The highest BCUT2D eigenvalue weighted by molar-refractivity contribution is 7.87. The summed E-state index contributed by atoms with van der Waals surface area (Å²) in [5.74, 6) is 1.27. The van der Waals surface area contributed by atoms with Crippen molar-refractivity contribution in [2.24, 2.45) is 0 Å². The highest BCUT2D eigenvalue weighted by Crippen LogP contribution is 2.30. The van der Waals surface area contributed by atoms with E-state index in [0.717, 1.165) is 51.9 Å². The number of ether oxygens (including phenoxy) is 1. The van der Waals surface area contributed by atoms with Gasteiger partial charge < -0.3 is 9.72 Å². The number of hydrogen-bond donors (Lipinski definition) is 2. The first-order valence-electron chi connectivity index (χ1n) is 13.4. The Morgan fingerprint density at radius 2 is 1.95 bits per heavy atom. The summed E-state index contributed by atoms with van der Waals surface area (Å²) in [4.78, 5) is 11.5. The van der Waals surface area contributed by atoms with Gasteiger partial charge in [0.15, 0.2) is 0 Å². The molecular weight excluding hydrogens is 549 g/mol. The van der Waals surface area contributed by atoms with Crippen LogP contribution in [0.2, 0.25) is 0 Å². The summed E-state index contributed by atoms with van der Waals surface area (Å²) < 4.78 is 49.7. The van der Waals surface area contributed by atoms with E-state index in [9.17, 15) is 12.8 Å². The Labute approximate surface area is 239 Å². The lowest BCUT2D eigenvalue weighted by Crippen LogP contribution is -2.48. The predicted octanol–water partition coefficient (Wildman–Crippen LogP) is 4.93. The van der Waals surface area contributed by atoms with E-state index in [4.69, 9.17) is 9.72 Å². The Morgan fingerprint density at radius 1 is 1.18 bits per heavy atom. The van der Waals surface area contributed by atoms with E-state index in [1.54, 1.807) is 34.9 Å². The lowest BCUT2D eigenvalue weighted by molar-refractivity contribution is 0.284. The largest absolute Gasteiger partial charge is 0.497 e. The quantitative estimate of drug-likeness (QED) is 0.247. The molecule has 0 amide bonds. The fourth-order valence-electron chi connectivity index (χ4n) is 5.16. The molecule has 8 nitrogen and oxygen atoms in total. The average molecular weight is 584 g/mol. The maximum Gasteiger partial charge on any atom is 0.279 e. The van der Waals surface area contributed by atoms with Crippen LogP contribution in [0.5, 0.6) is 5.75 Å². The van der Waals surface area contributed by atoms with Crippen molar-refractivity contribution in [2.45, 2.75) is 32.4 Å². The molecule has 1 fully saturated rings. The van der Waals surface area contributed by atoms with Gasteiger partial charge in [-0.15, -0.1) is 11.3 Å². The van der Waals surface area contributed by atoms with Gasteiger partial charge in [-0.1, -0.05) is 25.1 Å². The number of nitrogens with zero attached hydrogens (tertiary/aromatic N) is 3. The summed E-state index contributed by atoms with van der Waals surface area (Å²) in [7, 11) is -2.06. The number of aromatic amines is 1. The molecule has 1 aliphatic rings. The van der Waals surface area contributed by atoms with Crippen LogP contribution < -0.4 is 9.46 Å². The van der Waals surface area contributed by atoms with E-state index in [1.807, 2.05) is 48.7 Å². The van der Waals surface area contributed by atoms with E-state index in [0.29, 0.717) is 26.1 Å². The number of likely N-dealkylation sites (N-methyl/N-ethyl adjacent to an activating group) is 1. The van der Waals surface area contributed by atoms with Gasteiger partial charge in [0.25, 0.3) is 10.2 Å². The predicted molar refractivity (Wildman–Crippen MR) is 157 cm³/mol. The van der Waals surface area contributed by atoms with E-state index >= 15 is 0 Å². The minimum absolute atomic E-state index is 0.115. The lowest BCUT2D eigenvalue weighted by atomic mass is 10.1. The number of likely N-dealkylation sites (tertiary alicyclic amines) is 1. The summed E-state index contributed by atoms with van der Waals surface area (Å²) in [5, 5.41) is 2.00. The molecule has 4 aromatic rings. The Bertz CT molecular complexity index is 1490. The molecule has 0 aliphatic carbocycles. The molecule has 212 valence electrons. The summed E-state index contributed by atoms with van der Waals surface area (Å²) in [6.45, 7) is 4.58. The molecule has 2 aromatic heterocycles. The molecule has 0 radical (unpaired) electrons. The number of rotatable bonds is 12. The third-order valence-corrected chi connectivity index (χ3v) is 9.77. The maximum atomic E-state index is 13.4. The number of H-pyrrole nitrogens is 1. The molecule has 0 bridgehead atoms. The average Bonchev–Trinajstić information content (AvgIpc) is 3.72. The Kier molecular flexibility index (Phi) is 8.97. The zero-order valence-corrected chi connectivity index (χ0v) is 24.3. The minimum Gasteiger partial charge on any atom is -0.497 e. The summed E-state index contributed by atoms with van der Waals surface area (Å²) in [6.07, 6.45) is 1.21. The van der Waals surface area contributed by atoms with Crippen LogP contribution in [-0.2, 0) is 23.2 Å². The second kappa shape index (κ2) is 12.6. The number of hydrogen-bond acceptors (Lipinski definition) is 6. The minimum atomic E-state index is -3.69. The molecule has 2 aromatic carbocycles. The molecule has 1 saturated heterocycles. The van der Waals surface area contributed by atoms with Crippen LogP contribution in [0, 0.1) is 5.82 Å². The number of halogens is 1. The van der Waals surface area contributed by atoms with Gasteiger partial charge in [-0.2, -0.15) is 12.7 Å². The number of methoxy groups -OCH3 is 1. The van der Waals surface area contributed by atoms with Crippen molar-refractivity contribution in [3.05, 3.63) is 83.1 Å². The topological polar surface area (TPSA) is 90.6 Å². The van der Waals surface area contributed by atoms with Gasteiger partial charge in [0, 0.05) is 56.4 Å². The second-order valence-corrected chi connectivity index (χ2v) is 12.4. The molecule has 40 heavy (non-hydrogen) atoms. The summed E-state index contributed by atoms with van der Waals surface area (Å²) in [6, 6.07) is 18.0. The van der Waals surface area contributed by atoms with Crippen molar-refractivity contribution in [1.82, 2.24) is 23.9 Å². The number of aromatic nitrogens is 2. The number of imidazole rings is 1. The third kappa shape index (κ3) is 6.61. The fourth-order valence-corrected chi connectivity index (χ4v) is 7.26. The normalized spacial score (nSPS) is 16.1. The molecule has 1 aliphatic heterocycles. The van der Waals surface area contributed by atoms with Gasteiger partial charge in [0.1, 0.15) is 17.4 Å². The summed E-state index contributed by atoms with van der Waals surface area (Å²) in [5.41, 5.74) is 3.61. The Balaban J connectivity index is 1.25. The monoisotopic (exact) mass is 583 g/mol. The molecule has 11 heteroatoms. The highest BCUT2D eigenvalue weighted by atomic mass is 32.2. The Hall–Kier alpha value is -3.09. The Morgan fingerprint density at radius 3 is 2.62 bits per heavy atom. The van der Waals surface area contributed by atoms with E-state index < -0.39 is 10.2 Å². The van der Waals surface area contributed by atoms with Gasteiger partial charge in [0.2, 0.25) is 0 Å². The maximum absolute atomic E-state index is 13.4. The molecule has 0 saturated carbocycles. The molecule has 0 spiro atoms. The van der Waals surface area contributed by atoms with Gasteiger partial charge in [-0.25, -0.2) is 14.1 Å². The van der Waals surface area contributed by atoms with Crippen molar-refractivity contribution >= 4 is 21.5 Å².